The molecule has 1 aromatic heterocycles. The minimum absolute atomic E-state index is 0.00467. The van der Waals surface area contributed by atoms with Crippen molar-refractivity contribution < 1.29 is 27.5 Å². The van der Waals surface area contributed by atoms with Gasteiger partial charge in [-0.1, -0.05) is 0 Å². The third kappa shape index (κ3) is 6.50. The van der Waals surface area contributed by atoms with Crippen LogP contribution in [0.4, 0.5) is 0 Å². The Bertz CT molecular complexity index is 1520. The molecule has 2 aliphatic rings. The number of aryl methyl sites for hydroxylation is 2. The molecule has 4 atom stereocenters. The van der Waals surface area contributed by atoms with Crippen LogP contribution in [-0.2, 0) is 17.7 Å². The molecule has 0 saturated carbocycles. The van der Waals surface area contributed by atoms with E-state index in [1.54, 1.807) is 12.1 Å². The molecular weight excluding hydrogens is 681 g/mol. The molecule has 0 N–H and O–H groups in total. The maximum absolute atomic E-state index is 13.8. The Hall–Kier alpha value is -2.24. The number of aromatic nitrogens is 2. The molecular formula is C30H45N3O9SeSi2. The summed E-state index contributed by atoms with van der Waals surface area (Å²) in [5, 5.41) is 10.8. The van der Waals surface area contributed by atoms with Crippen LogP contribution in [0, 0.1) is 24.0 Å². The number of fused-ring (bicyclic) bond motifs is 1. The molecule has 12 nitrogen and oxygen atoms in total. The number of carbonyl (C=O) groups excluding carboxylic acids is 1. The number of nitrogens with zero attached hydrogens (tertiary/aromatic N) is 3. The predicted octanol–water partition coefficient (Wildman–Crippen LogP) is 4.85. The molecule has 2 saturated heterocycles. The van der Waals surface area contributed by atoms with Crippen LogP contribution in [0.25, 0.3) is 0 Å². The number of benzene rings is 1. The number of hydrogen-bond donors (Lipinski definition) is 0. The average molecular weight is 727 g/mol. The first kappa shape index (κ1) is 35.6. The van der Waals surface area contributed by atoms with Crippen LogP contribution in [0.1, 0.15) is 83.1 Å². The van der Waals surface area contributed by atoms with Crippen molar-refractivity contribution in [3.8, 4) is 0 Å². The first-order valence-corrected chi connectivity index (χ1v) is 21.2. The van der Waals surface area contributed by atoms with Gasteiger partial charge in [0.1, 0.15) is 0 Å². The van der Waals surface area contributed by atoms with Gasteiger partial charge in [-0.05, 0) is 0 Å². The number of ether oxygens (including phenoxy) is 1. The fourth-order valence-electron chi connectivity index (χ4n) is 6.36. The van der Waals surface area contributed by atoms with Gasteiger partial charge in [0.25, 0.3) is 0 Å². The zero-order valence-corrected chi connectivity index (χ0v) is 31.3. The molecule has 3 heterocycles. The van der Waals surface area contributed by atoms with Gasteiger partial charge < -0.3 is 0 Å². The summed E-state index contributed by atoms with van der Waals surface area (Å²) in [5.41, 5.74) is -0.456. The summed E-state index contributed by atoms with van der Waals surface area (Å²) in [5.74, 6) is 0. The quantitative estimate of drug-likeness (QED) is 0.201. The van der Waals surface area contributed by atoms with Crippen molar-refractivity contribution in [3.05, 3.63) is 78.1 Å². The number of nitro groups is 1. The minimum atomic E-state index is -3.13. The van der Waals surface area contributed by atoms with Crippen molar-refractivity contribution in [1.29, 1.82) is 0 Å². The Morgan fingerprint density at radius 3 is 2.02 bits per heavy atom. The van der Waals surface area contributed by atoms with E-state index < -0.39 is 71.6 Å². The van der Waals surface area contributed by atoms with Crippen molar-refractivity contribution in [3.63, 3.8) is 0 Å². The van der Waals surface area contributed by atoms with Gasteiger partial charge >= 0.3 is 273 Å². The summed E-state index contributed by atoms with van der Waals surface area (Å²) in [7, 11) is -6.05. The van der Waals surface area contributed by atoms with Gasteiger partial charge in [-0.15, -0.1) is 0 Å². The van der Waals surface area contributed by atoms with Crippen molar-refractivity contribution >= 4 is 36.8 Å². The molecule has 4 rings (SSSR count). The van der Waals surface area contributed by atoms with Crippen molar-refractivity contribution in [2.45, 2.75) is 115 Å². The van der Waals surface area contributed by atoms with Gasteiger partial charge in [0.2, 0.25) is 0 Å². The van der Waals surface area contributed by atoms with E-state index in [9.17, 15) is 24.5 Å². The average Bonchev–Trinajstić information content (AvgIpc) is 3.25. The molecule has 2 aromatic rings. The van der Waals surface area contributed by atoms with Crippen LogP contribution in [0.3, 0.4) is 0 Å². The Morgan fingerprint density at radius 2 is 1.51 bits per heavy atom. The van der Waals surface area contributed by atoms with E-state index >= 15 is 0 Å². The van der Waals surface area contributed by atoms with Gasteiger partial charge in [0, 0.05) is 0 Å². The summed E-state index contributed by atoms with van der Waals surface area (Å²) in [6.07, 6.45) is -1.22. The molecule has 2 aliphatic heterocycles. The van der Waals surface area contributed by atoms with Crippen LogP contribution >= 0.6 is 0 Å². The number of hydrogen-bond acceptors (Lipinski definition) is 9. The molecule has 0 aliphatic carbocycles. The monoisotopic (exact) mass is 727 g/mol. The Balaban J connectivity index is 1.92. The Labute approximate surface area is 272 Å². The fourth-order valence-corrected chi connectivity index (χ4v) is 20.3. The second kappa shape index (κ2) is 13.5. The first-order valence-electron chi connectivity index (χ1n) is 15.4. The van der Waals surface area contributed by atoms with Gasteiger partial charge in [0.05, 0.1) is 0 Å². The molecule has 15 heteroatoms. The van der Waals surface area contributed by atoms with E-state index in [-0.39, 0.29) is 43.7 Å². The van der Waals surface area contributed by atoms with E-state index in [4.69, 9.17) is 17.7 Å². The van der Waals surface area contributed by atoms with Gasteiger partial charge in [-0.3, -0.25) is 0 Å². The van der Waals surface area contributed by atoms with E-state index in [2.05, 4.69) is 55.4 Å². The molecule has 0 radical (unpaired) electrons. The standard InChI is InChI=1S/C30H45N3O9SeSi2/c1-17(2)44(18(3)4)39-16-24-25(41-45(42-44,19(5)6)20(7)8)26(43-29(35)23-13-11-21(9)12-14-23)28(40-24)31-15-22(10)27(34)32(30(31)36)33(37)38/h11-15,17-20,24-26,28H,16H2,1-10H3/t24-,25-,26+,28-/m1/s1. The summed E-state index contributed by atoms with van der Waals surface area (Å²) >= 11 is -0.847. The first-order chi connectivity index (χ1) is 21.0. The van der Waals surface area contributed by atoms with Crippen LogP contribution in [0.5, 0.6) is 0 Å². The molecule has 248 valence electrons. The van der Waals surface area contributed by atoms with Crippen LogP contribution in [0.15, 0.2) is 40.1 Å². The van der Waals surface area contributed by atoms with Gasteiger partial charge in [0.15, 0.2) is 0 Å². The summed E-state index contributed by atoms with van der Waals surface area (Å²) in [6, 6.07) is 7.26. The Morgan fingerprint density at radius 1 is 0.956 bits per heavy atom. The molecule has 0 unspecified atom stereocenters. The van der Waals surface area contributed by atoms with Crippen molar-refractivity contribution in [2.24, 2.45) is 0 Å². The third-order valence-electron chi connectivity index (χ3n) is 8.85. The van der Waals surface area contributed by atoms with Gasteiger partial charge in [-0.2, -0.15) is 0 Å². The summed E-state index contributed by atoms with van der Waals surface area (Å²) in [4.78, 5) is 51.1. The van der Waals surface area contributed by atoms with E-state index in [0.717, 1.165) is 10.1 Å². The number of rotatable bonds is 9. The molecule has 0 bridgehead atoms. The van der Waals surface area contributed by atoms with E-state index in [1.165, 1.54) is 13.1 Å². The fraction of sp³-hybridized carbons (Fsp3) is 0.633. The van der Waals surface area contributed by atoms with Crippen molar-refractivity contribution in [2.75, 3.05) is 6.61 Å². The maximum atomic E-state index is 13.8. The normalized spacial score (nSPS) is 24.6. The van der Waals surface area contributed by atoms with E-state index in [1.807, 2.05) is 19.1 Å². The second-order valence-corrected chi connectivity index (χ2v) is 24.5. The van der Waals surface area contributed by atoms with Gasteiger partial charge in [-0.25, -0.2) is 0 Å². The summed E-state index contributed by atoms with van der Waals surface area (Å²) in [6.45, 7) is 20.3. The van der Waals surface area contributed by atoms with Crippen LogP contribution in [0.2, 0.25) is 27.0 Å². The predicted molar refractivity (Wildman–Crippen MR) is 175 cm³/mol. The van der Waals surface area contributed by atoms with Crippen LogP contribution < -0.4 is 11.2 Å². The SMILES string of the molecule is Cc1ccc(C(=O)[Se][C@H]2[C@@H]3O[Si](C(C)C)(C(C)C)O[Si](C(C)C)(C(C)C)OC[C@H]3O[C@H]2n2cc(C)c(=O)n([N+](=O)[O-])c2=O)cc1. The molecule has 0 amide bonds. The molecule has 0 spiro atoms. The Kier molecular flexibility index (Phi) is 10.7. The molecule has 2 fully saturated rings. The van der Waals surface area contributed by atoms with E-state index in [0.29, 0.717) is 5.56 Å². The zero-order chi connectivity index (χ0) is 33.6. The van der Waals surface area contributed by atoms with Crippen LogP contribution in [-0.4, -0.2) is 69.9 Å². The van der Waals surface area contributed by atoms with Crippen molar-refractivity contribution in [1.82, 2.24) is 9.24 Å². The zero-order valence-electron chi connectivity index (χ0n) is 27.6. The second-order valence-electron chi connectivity index (χ2n) is 13.2. The third-order valence-corrected chi connectivity index (χ3v) is 21.7. The summed E-state index contributed by atoms with van der Waals surface area (Å²) < 4.78 is 29.0. The number of carbonyl (C=O) groups is 1. The molecule has 45 heavy (non-hydrogen) atoms. The topological polar surface area (TPSA) is 141 Å². The molecule has 1 aromatic carbocycles.